The van der Waals surface area contributed by atoms with E-state index in [4.69, 9.17) is 21.1 Å². The number of rotatable bonds is 7. The highest BCUT2D eigenvalue weighted by atomic mass is 35.5. The van der Waals surface area contributed by atoms with Crippen LogP contribution in [0.15, 0.2) is 83.8 Å². The molecule has 0 bridgehead atoms. The van der Waals surface area contributed by atoms with Gasteiger partial charge >= 0.3 is 0 Å². The monoisotopic (exact) mass is 573 g/mol. The van der Waals surface area contributed by atoms with Crippen LogP contribution in [0.2, 0.25) is 5.02 Å². The Bertz CT molecular complexity index is 1630. The number of methoxy groups -OCH3 is 1. The highest BCUT2D eigenvalue weighted by molar-refractivity contribution is 6.30. The van der Waals surface area contributed by atoms with E-state index >= 15 is 0 Å². The van der Waals surface area contributed by atoms with Crippen molar-refractivity contribution in [1.82, 2.24) is 19.6 Å². The molecule has 0 spiro atoms. The second-order valence-corrected chi connectivity index (χ2v) is 9.80. The molecular formula is C30H28ClN5O5. The van der Waals surface area contributed by atoms with Crippen LogP contribution in [0, 0.1) is 0 Å². The zero-order valence-corrected chi connectivity index (χ0v) is 23.3. The number of carbonyl (C=O) groups excluding carboxylic acids is 2. The number of benzene rings is 3. The van der Waals surface area contributed by atoms with E-state index in [0.29, 0.717) is 59.6 Å². The molecule has 1 N–H and O–H groups in total. The van der Waals surface area contributed by atoms with E-state index in [1.54, 1.807) is 89.7 Å². The van der Waals surface area contributed by atoms with Crippen molar-refractivity contribution in [3.63, 3.8) is 0 Å². The van der Waals surface area contributed by atoms with Gasteiger partial charge in [0.25, 0.3) is 11.5 Å². The van der Waals surface area contributed by atoms with Gasteiger partial charge in [0.1, 0.15) is 11.5 Å². The summed E-state index contributed by atoms with van der Waals surface area (Å²) in [6, 6.07) is 20.6. The van der Waals surface area contributed by atoms with Crippen molar-refractivity contribution in [3.8, 4) is 22.9 Å². The van der Waals surface area contributed by atoms with E-state index in [1.807, 2.05) is 0 Å². The lowest BCUT2D eigenvalue weighted by Gasteiger charge is -2.34. The number of halogens is 1. The molecule has 1 fully saturated rings. The molecule has 5 rings (SSSR count). The topological polar surface area (TPSA) is 106 Å². The molecule has 0 saturated carbocycles. The van der Waals surface area contributed by atoms with Gasteiger partial charge in [0.15, 0.2) is 11.4 Å². The third-order valence-corrected chi connectivity index (χ3v) is 6.91. The Kier molecular flexibility index (Phi) is 8.21. The third kappa shape index (κ3) is 6.33. The molecule has 4 aromatic rings. The summed E-state index contributed by atoms with van der Waals surface area (Å²) in [7, 11) is 1.57. The molecule has 0 unspecified atom stereocenters. The Balaban J connectivity index is 1.46. The number of carbonyl (C=O) groups is 2. The van der Waals surface area contributed by atoms with E-state index in [1.165, 1.54) is 17.8 Å². The van der Waals surface area contributed by atoms with Crippen molar-refractivity contribution in [3.05, 3.63) is 99.9 Å². The molecule has 0 atom stereocenters. The number of hydrogen-bond acceptors (Lipinski definition) is 7. The fourth-order valence-electron chi connectivity index (χ4n) is 4.47. The number of piperazine rings is 1. The van der Waals surface area contributed by atoms with E-state index in [-0.39, 0.29) is 23.3 Å². The van der Waals surface area contributed by atoms with Crippen LogP contribution in [0.4, 0.5) is 11.4 Å². The smallest absolute Gasteiger partial charge is 0.299 e. The normalized spacial score (nSPS) is 13.0. The van der Waals surface area contributed by atoms with Gasteiger partial charge in [0.05, 0.1) is 19.0 Å². The van der Waals surface area contributed by atoms with Crippen molar-refractivity contribution in [1.29, 1.82) is 0 Å². The standard InChI is InChI=1S/C30H28ClN5O5/c1-20(37)34-13-15-35(16-14-34)29(38)21-5-3-7-23(17-21)33-28-27(41-26-11-9-25(40-2)10-12-26)19-32-36(30(28)39)24-8-4-6-22(31)18-24/h3-12,17-19,33H,13-16H2,1-2H3. The summed E-state index contributed by atoms with van der Waals surface area (Å²) in [6.07, 6.45) is 1.44. The lowest BCUT2D eigenvalue weighted by atomic mass is 10.1. The maximum atomic E-state index is 13.7. The Hall–Kier alpha value is -4.83. The van der Waals surface area contributed by atoms with E-state index < -0.39 is 5.56 Å². The molecule has 2 amide bonds. The number of nitrogens with one attached hydrogen (secondary N) is 1. The predicted octanol–water partition coefficient (Wildman–Crippen LogP) is 4.73. The van der Waals surface area contributed by atoms with Gasteiger partial charge < -0.3 is 24.6 Å². The first kappa shape index (κ1) is 27.7. The van der Waals surface area contributed by atoms with Crippen LogP contribution >= 0.6 is 11.6 Å². The number of amides is 2. The summed E-state index contributed by atoms with van der Waals surface area (Å²) in [6.45, 7) is 3.41. The van der Waals surface area contributed by atoms with E-state index in [2.05, 4.69) is 10.4 Å². The number of aromatic nitrogens is 2. The lowest BCUT2D eigenvalue weighted by Crippen LogP contribution is -2.50. The number of hydrogen-bond donors (Lipinski definition) is 1. The van der Waals surface area contributed by atoms with Crippen molar-refractivity contribution < 1.29 is 19.1 Å². The minimum atomic E-state index is -0.477. The van der Waals surface area contributed by atoms with Crippen molar-refractivity contribution in [2.24, 2.45) is 0 Å². The maximum Gasteiger partial charge on any atom is 0.299 e. The molecule has 1 aliphatic heterocycles. The fraction of sp³-hybridized carbons (Fsp3) is 0.200. The fourth-order valence-corrected chi connectivity index (χ4v) is 4.66. The Morgan fingerprint density at radius 3 is 2.27 bits per heavy atom. The first-order valence-electron chi connectivity index (χ1n) is 12.9. The van der Waals surface area contributed by atoms with Gasteiger partial charge in [-0.1, -0.05) is 23.7 Å². The largest absolute Gasteiger partial charge is 0.497 e. The minimum Gasteiger partial charge on any atom is -0.497 e. The van der Waals surface area contributed by atoms with Gasteiger partial charge in [0.2, 0.25) is 5.91 Å². The highest BCUT2D eigenvalue weighted by Gasteiger charge is 2.24. The molecule has 11 heteroatoms. The number of ether oxygens (including phenoxy) is 2. The van der Waals surface area contributed by atoms with Crippen LogP contribution < -0.4 is 20.3 Å². The minimum absolute atomic E-state index is 0.00302. The second kappa shape index (κ2) is 12.1. The van der Waals surface area contributed by atoms with E-state index in [0.717, 1.165) is 0 Å². The molecule has 1 saturated heterocycles. The molecule has 2 heterocycles. The number of nitrogens with zero attached hydrogens (tertiary/aromatic N) is 4. The Labute approximate surface area is 241 Å². The van der Waals surface area contributed by atoms with Crippen molar-refractivity contribution in [2.75, 3.05) is 38.6 Å². The van der Waals surface area contributed by atoms with Crippen LogP contribution in [0.5, 0.6) is 17.2 Å². The van der Waals surface area contributed by atoms with Gasteiger partial charge in [-0.2, -0.15) is 9.78 Å². The predicted molar refractivity (Wildman–Crippen MR) is 156 cm³/mol. The first-order valence-corrected chi connectivity index (χ1v) is 13.3. The summed E-state index contributed by atoms with van der Waals surface area (Å²) < 4.78 is 12.5. The van der Waals surface area contributed by atoms with Crippen LogP contribution in [-0.4, -0.2) is 64.7 Å². The summed E-state index contributed by atoms with van der Waals surface area (Å²) in [5.41, 5.74) is 1.09. The number of anilines is 2. The molecule has 0 aliphatic carbocycles. The Morgan fingerprint density at radius 2 is 1.59 bits per heavy atom. The maximum absolute atomic E-state index is 13.7. The average molecular weight is 574 g/mol. The van der Waals surface area contributed by atoms with E-state index in [9.17, 15) is 14.4 Å². The Morgan fingerprint density at radius 1 is 0.902 bits per heavy atom. The zero-order valence-electron chi connectivity index (χ0n) is 22.5. The zero-order chi connectivity index (χ0) is 28.9. The molecule has 41 heavy (non-hydrogen) atoms. The van der Waals surface area contributed by atoms with Gasteiger partial charge in [-0.15, -0.1) is 0 Å². The average Bonchev–Trinajstić information content (AvgIpc) is 2.99. The molecule has 10 nitrogen and oxygen atoms in total. The third-order valence-electron chi connectivity index (χ3n) is 6.67. The molecular weight excluding hydrogens is 546 g/mol. The van der Waals surface area contributed by atoms with Gasteiger partial charge in [-0.25, -0.2) is 0 Å². The first-order chi connectivity index (χ1) is 19.8. The molecule has 1 aliphatic rings. The summed E-state index contributed by atoms with van der Waals surface area (Å²) >= 11 is 6.17. The quantitative estimate of drug-likeness (QED) is 0.340. The van der Waals surface area contributed by atoms with Crippen LogP contribution in [-0.2, 0) is 4.79 Å². The van der Waals surface area contributed by atoms with Crippen LogP contribution in [0.1, 0.15) is 17.3 Å². The second-order valence-electron chi connectivity index (χ2n) is 9.36. The van der Waals surface area contributed by atoms with Crippen LogP contribution in [0.3, 0.4) is 0 Å². The molecule has 0 radical (unpaired) electrons. The highest BCUT2D eigenvalue weighted by Crippen LogP contribution is 2.30. The lowest BCUT2D eigenvalue weighted by molar-refractivity contribution is -0.130. The molecule has 1 aromatic heterocycles. The van der Waals surface area contributed by atoms with Gasteiger partial charge in [0, 0.05) is 49.4 Å². The molecule has 3 aromatic carbocycles. The van der Waals surface area contributed by atoms with Crippen molar-refractivity contribution >= 4 is 34.8 Å². The summed E-state index contributed by atoms with van der Waals surface area (Å²) in [5.74, 6) is 1.17. The summed E-state index contributed by atoms with van der Waals surface area (Å²) in [5, 5.41) is 7.92. The van der Waals surface area contributed by atoms with Gasteiger partial charge in [-0.3, -0.25) is 14.4 Å². The van der Waals surface area contributed by atoms with Crippen LogP contribution in [0.25, 0.3) is 5.69 Å². The summed E-state index contributed by atoms with van der Waals surface area (Å²) in [4.78, 5) is 42.1. The van der Waals surface area contributed by atoms with Gasteiger partial charge in [-0.05, 0) is 60.7 Å². The van der Waals surface area contributed by atoms with Crippen molar-refractivity contribution in [2.45, 2.75) is 6.92 Å². The molecule has 210 valence electrons. The SMILES string of the molecule is COc1ccc(Oc2cnn(-c3cccc(Cl)c3)c(=O)c2Nc2cccc(C(=O)N3CCN(C(C)=O)CC3)c2)cc1.